The number of hydrogen-bond donors (Lipinski definition) is 1. The Hall–Kier alpha value is -1.33. The number of nitrogens with one attached hydrogen (secondary N) is 1. The molecule has 0 radical (unpaired) electrons. The van der Waals surface area contributed by atoms with E-state index in [4.69, 9.17) is 0 Å². The smallest absolute Gasteiger partial charge is 0.130 e. The van der Waals surface area contributed by atoms with Crippen LogP contribution in [0.4, 0.5) is 13.2 Å². The summed E-state index contributed by atoms with van der Waals surface area (Å²) in [6.07, 6.45) is 0. The molecule has 2 aromatic rings. The number of hydrogen-bond acceptors (Lipinski definition) is 1. The van der Waals surface area contributed by atoms with Crippen molar-refractivity contribution >= 4 is 15.9 Å². The molecule has 2 aromatic carbocycles. The standard InChI is InChI=1S/C14H11BrF3N/c15-11-3-1-9(13(17)5-11)7-19-8-10-2-4-12(16)6-14(10)18/h1-6,19H,7-8H2. The fourth-order valence-electron chi connectivity index (χ4n) is 1.66. The number of halogens is 4. The van der Waals surface area contributed by atoms with E-state index in [-0.39, 0.29) is 18.9 Å². The van der Waals surface area contributed by atoms with Gasteiger partial charge < -0.3 is 5.32 Å². The molecule has 0 unspecified atom stereocenters. The minimum atomic E-state index is -0.611. The highest BCUT2D eigenvalue weighted by Gasteiger charge is 2.05. The molecule has 0 aliphatic heterocycles. The topological polar surface area (TPSA) is 12.0 Å². The highest BCUT2D eigenvalue weighted by atomic mass is 79.9. The zero-order valence-corrected chi connectivity index (χ0v) is 11.5. The molecule has 1 nitrogen and oxygen atoms in total. The lowest BCUT2D eigenvalue weighted by Crippen LogP contribution is -2.14. The average molecular weight is 330 g/mol. The van der Waals surface area contributed by atoms with Gasteiger partial charge in [0.1, 0.15) is 17.5 Å². The Morgan fingerprint density at radius 1 is 0.842 bits per heavy atom. The summed E-state index contributed by atoms with van der Waals surface area (Å²) in [5, 5.41) is 2.92. The highest BCUT2D eigenvalue weighted by molar-refractivity contribution is 9.10. The molecule has 0 atom stereocenters. The molecule has 0 fully saturated rings. The second-order valence-electron chi connectivity index (χ2n) is 4.08. The van der Waals surface area contributed by atoms with Crippen molar-refractivity contribution < 1.29 is 13.2 Å². The summed E-state index contributed by atoms with van der Waals surface area (Å²) in [5.41, 5.74) is 0.838. The molecule has 0 spiro atoms. The summed E-state index contributed by atoms with van der Waals surface area (Å²) in [6, 6.07) is 8.15. The fraction of sp³-hybridized carbons (Fsp3) is 0.143. The highest BCUT2D eigenvalue weighted by Crippen LogP contribution is 2.15. The normalized spacial score (nSPS) is 10.7. The lowest BCUT2D eigenvalue weighted by Gasteiger charge is -2.07. The van der Waals surface area contributed by atoms with Crippen molar-refractivity contribution in [3.8, 4) is 0 Å². The van der Waals surface area contributed by atoms with Gasteiger partial charge in [-0.15, -0.1) is 0 Å². The van der Waals surface area contributed by atoms with Gasteiger partial charge in [-0.3, -0.25) is 0 Å². The fourth-order valence-corrected chi connectivity index (χ4v) is 2.00. The Bertz CT molecular complexity index is 535. The summed E-state index contributed by atoms with van der Waals surface area (Å²) in [5.74, 6) is -1.55. The van der Waals surface area contributed by atoms with Crippen molar-refractivity contribution in [3.63, 3.8) is 0 Å². The third-order valence-electron chi connectivity index (χ3n) is 2.66. The van der Waals surface area contributed by atoms with Crippen molar-refractivity contribution in [3.05, 3.63) is 69.4 Å². The van der Waals surface area contributed by atoms with Crippen LogP contribution >= 0.6 is 15.9 Å². The van der Waals surface area contributed by atoms with Gasteiger partial charge in [0.2, 0.25) is 0 Å². The van der Waals surface area contributed by atoms with Gasteiger partial charge in [-0.25, -0.2) is 13.2 Å². The molecule has 19 heavy (non-hydrogen) atoms. The zero-order valence-electron chi connectivity index (χ0n) is 9.89. The van der Waals surface area contributed by atoms with E-state index in [9.17, 15) is 13.2 Å². The van der Waals surface area contributed by atoms with Crippen LogP contribution in [0.5, 0.6) is 0 Å². The molecule has 0 saturated carbocycles. The molecule has 0 heterocycles. The molecule has 0 aliphatic carbocycles. The maximum Gasteiger partial charge on any atom is 0.130 e. The van der Waals surface area contributed by atoms with Gasteiger partial charge in [0.25, 0.3) is 0 Å². The number of rotatable bonds is 4. The molecule has 0 saturated heterocycles. The Labute approximate surface area is 117 Å². The second-order valence-corrected chi connectivity index (χ2v) is 4.99. The van der Waals surface area contributed by atoms with E-state index in [1.165, 1.54) is 18.2 Å². The Balaban J connectivity index is 1.96. The molecule has 0 bridgehead atoms. The van der Waals surface area contributed by atoms with Crippen molar-refractivity contribution in [2.24, 2.45) is 0 Å². The zero-order chi connectivity index (χ0) is 13.8. The third kappa shape index (κ3) is 3.81. The molecule has 0 aromatic heterocycles. The van der Waals surface area contributed by atoms with Crippen LogP contribution < -0.4 is 5.32 Å². The lowest BCUT2D eigenvalue weighted by molar-refractivity contribution is 0.553. The summed E-state index contributed by atoms with van der Waals surface area (Å²) < 4.78 is 40.2. The SMILES string of the molecule is Fc1ccc(CNCc2ccc(Br)cc2F)c(F)c1. The van der Waals surface area contributed by atoms with Crippen LogP contribution in [0.2, 0.25) is 0 Å². The first kappa shape index (κ1) is 14.1. The van der Waals surface area contributed by atoms with Gasteiger partial charge in [-0.05, 0) is 18.2 Å². The van der Waals surface area contributed by atoms with Crippen LogP contribution in [0.1, 0.15) is 11.1 Å². The minimum absolute atomic E-state index is 0.210. The third-order valence-corrected chi connectivity index (χ3v) is 3.15. The van der Waals surface area contributed by atoms with E-state index in [0.29, 0.717) is 15.6 Å². The van der Waals surface area contributed by atoms with Crippen LogP contribution in [0.25, 0.3) is 0 Å². The predicted octanol–water partition coefficient (Wildman–Crippen LogP) is 4.16. The maximum atomic E-state index is 13.5. The largest absolute Gasteiger partial charge is 0.308 e. The quantitative estimate of drug-likeness (QED) is 0.888. The van der Waals surface area contributed by atoms with Gasteiger partial charge in [0.05, 0.1) is 0 Å². The van der Waals surface area contributed by atoms with Gasteiger partial charge in [0.15, 0.2) is 0 Å². The van der Waals surface area contributed by atoms with Crippen molar-refractivity contribution in [1.29, 1.82) is 0 Å². The average Bonchev–Trinajstić information content (AvgIpc) is 2.34. The van der Waals surface area contributed by atoms with Crippen LogP contribution in [-0.2, 0) is 13.1 Å². The van der Waals surface area contributed by atoms with E-state index in [0.717, 1.165) is 6.07 Å². The van der Waals surface area contributed by atoms with Gasteiger partial charge >= 0.3 is 0 Å². The molecule has 100 valence electrons. The first-order chi connectivity index (χ1) is 9.06. The molecular weight excluding hydrogens is 319 g/mol. The van der Waals surface area contributed by atoms with E-state index < -0.39 is 11.6 Å². The molecule has 2 rings (SSSR count). The van der Waals surface area contributed by atoms with Crippen molar-refractivity contribution in [2.75, 3.05) is 0 Å². The van der Waals surface area contributed by atoms with E-state index in [2.05, 4.69) is 21.2 Å². The first-order valence-corrected chi connectivity index (χ1v) is 6.44. The second kappa shape index (κ2) is 6.21. The van der Waals surface area contributed by atoms with Crippen LogP contribution in [0.15, 0.2) is 40.9 Å². The molecule has 1 N–H and O–H groups in total. The predicted molar refractivity (Wildman–Crippen MR) is 71.0 cm³/mol. The molecule has 0 aliphatic rings. The summed E-state index contributed by atoms with van der Waals surface area (Å²) in [7, 11) is 0. The van der Waals surface area contributed by atoms with E-state index >= 15 is 0 Å². The maximum absolute atomic E-state index is 13.5. The lowest BCUT2D eigenvalue weighted by atomic mass is 10.2. The molecule has 0 amide bonds. The van der Waals surface area contributed by atoms with Crippen LogP contribution in [-0.4, -0.2) is 0 Å². The van der Waals surface area contributed by atoms with Crippen LogP contribution in [0.3, 0.4) is 0 Å². The van der Waals surface area contributed by atoms with Gasteiger partial charge in [0, 0.05) is 34.8 Å². The van der Waals surface area contributed by atoms with Gasteiger partial charge in [-0.1, -0.05) is 28.1 Å². The van der Waals surface area contributed by atoms with Crippen molar-refractivity contribution in [2.45, 2.75) is 13.1 Å². The van der Waals surface area contributed by atoms with Crippen LogP contribution in [0, 0.1) is 17.5 Å². The molecular formula is C14H11BrF3N. The minimum Gasteiger partial charge on any atom is -0.308 e. The van der Waals surface area contributed by atoms with Gasteiger partial charge in [-0.2, -0.15) is 0 Å². The monoisotopic (exact) mass is 329 g/mol. The summed E-state index contributed by atoms with van der Waals surface area (Å²) in [4.78, 5) is 0. The summed E-state index contributed by atoms with van der Waals surface area (Å²) >= 11 is 3.17. The first-order valence-electron chi connectivity index (χ1n) is 5.65. The number of benzene rings is 2. The van der Waals surface area contributed by atoms with E-state index in [1.807, 2.05) is 0 Å². The Morgan fingerprint density at radius 3 is 2.00 bits per heavy atom. The Morgan fingerprint density at radius 2 is 1.42 bits per heavy atom. The Kier molecular flexibility index (Phi) is 4.61. The summed E-state index contributed by atoms with van der Waals surface area (Å²) in [6.45, 7) is 0.484. The molecule has 5 heteroatoms. The van der Waals surface area contributed by atoms with Crippen molar-refractivity contribution in [1.82, 2.24) is 5.32 Å². The van der Waals surface area contributed by atoms with E-state index in [1.54, 1.807) is 12.1 Å².